The summed E-state index contributed by atoms with van der Waals surface area (Å²) in [6, 6.07) is 11.0. The number of methoxy groups -OCH3 is 1. The van der Waals surface area contributed by atoms with Gasteiger partial charge in [0, 0.05) is 44.8 Å². The van der Waals surface area contributed by atoms with Crippen molar-refractivity contribution in [1.29, 1.82) is 0 Å². The second-order valence-electron chi connectivity index (χ2n) is 19.2. The monoisotopic (exact) mass is 1060 g/mol. The van der Waals surface area contributed by atoms with E-state index in [1.807, 2.05) is 30.3 Å². The summed E-state index contributed by atoms with van der Waals surface area (Å²) in [6.07, 6.45) is -14.1. The highest BCUT2D eigenvalue weighted by molar-refractivity contribution is 5.98. The SMILES string of the molecule is COc1cc(C[C@@H](O)[C@@H]2NC(=O)[C@@H]3C[C@@H](O)CN3C(=O)[C@H]([C@@H](C)O)NC(=O)C(NC(=O)OCc3ccccc3)C[C@@H](O)CNC(=O)[C@@H]3[C@@H](O)[C@@H](C)CN3C(=O)[C@H]([C@H](O)CC(N)=O)NC2=O)ccc1OCc1ccccc1. The van der Waals surface area contributed by atoms with Gasteiger partial charge in [0.2, 0.25) is 41.4 Å². The van der Waals surface area contributed by atoms with Crippen LogP contribution in [0.1, 0.15) is 49.8 Å². The topological polar surface area (TPSA) is 378 Å². The van der Waals surface area contributed by atoms with Crippen LogP contribution in [0.15, 0.2) is 78.9 Å². The minimum atomic E-state index is -2.15. The number of hydrogen-bond acceptors (Lipinski definition) is 17. The average Bonchev–Trinajstić information content (AvgIpc) is 3.93. The summed E-state index contributed by atoms with van der Waals surface area (Å²) in [4.78, 5) is 113. The number of carbonyl (C=O) groups is 8. The number of aliphatic hydroxyl groups is 6. The van der Waals surface area contributed by atoms with Gasteiger partial charge < -0.3 is 87.0 Å². The number of nitrogens with one attached hydrogen (secondary N) is 5. The number of aliphatic hydroxyl groups excluding tert-OH is 6. The number of benzene rings is 3. The molecule has 25 nitrogen and oxygen atoms in total. The Labute approximate surface area is 437 Å². The van der Waals surface area contributed by atoms with E-state index in [1.165, 1.54) is 20.1 Å². The van der Waals surface area contributed by atoms with Gasteiger partial charge in [0.1, 0.15) is 49.5 Å². The molecule has 412 valence electrons. The molecule has 3 fully saturated rings. The summed E-state index contributed by atoms with van der Waals surface area (Å²) in [7, 11) is 1.37. The molecule has 13 atom stereocenters. The number of rotatable bonds is 14. The molecule has 0 spiro atoms. The Balaban J connectivity index is 1.37. The zero-order valence-electron chi connectivity index (χ0n) is 42.0. The molecule has 3 aromatic carbocycles. The van der Waals surface area contributed by atoms with Gasteiger partial charge in [-0.15, -0.1) is 0 Å². The minimum absolute atomic E-state index is 0.169. The zero-order valence-corrected chi connectivity index (χ0v) is 42.0. The van der Waals surface area contributed by atoms with E-state index in [4.69, 9.17) is 19.9 Å². The number of β-amino-alcohol motifs (C(OH)–C–C–N with tert-alkyl or cyclic N) is 1. The number of nitrogens with two attached hydrogens (primary N) is 1. The Kier molecular flexibility index (Phi) is 20.1. The quantitative estimate of drug-likeness (QED) is 0.0749. The van der Waals surface area contributed by atoms with Crippen LogP contribution in [0.4, 0.5) is 4.79 Å². The van der Waals surface area contributed by atoms with Gasteiger partial charge in [-0.3, -0.25) is 33.6 Å². The first kappa shape index (κ1) is 57.9. The van der Waals surface area contributed by atoms with Crippen molar-refractivity contribution in [3.8, 4) is 11.5 Å². The van der Waals surface area contributed by atoms with E-state index < -0.39 is 165 Å². The molecule has 0 aromatic heterocycles. The van der Waals surface area contributed by atoms with Crippen molar-refractivity contribution in [2.45, 2.75) is 126 Å². The van der Waals surface area contributed by atoms with E-state index in [1.54, 1.807) is 42.5 Å². The van der Waals surface area contributed by atoms with Gasteiger partial charge >= 0.3 is 6.09 Å². The molecule has 3 aromatic rings. The molecule has 0 saturated carbocycles. The van der Waals surface area contributed by atoms with E-state index in [-0.39, 0.29) is 25.5 Å². The lowest BCUT2D eigenvalue weighted by molar-refractivity contribution is -0.147. The van der Waals surface area contributed by atoms with Gasteiger partial charge in [-0.25, -0.2) is 4.79 Å². The van der Waals surface area contributed by atoms with Gasteiger partial charge in [0.25, 0.3) is 0 Å². The van der Waals surface area contributed by atoms with E-state index in [2.05, 4.69) is 26.6 Å². The molecule has 3 aliphatic rings. The number of amides is 8. The maximum atomic E-state index is 14.7. The van der Waals surface area contributed by atoms with Crippen LogP contribution in [0.5, 0.6) is 11.5 Å². The highest BCUT2D eigenvalue weighted by Gasteiger charge is 2.50. The fraction of sp³-hybridized carbons (Fsp3) is 0.490. The van der Waals surface area contributed by atoms with Crippen LogP contribution in [0.2, 0.25) is 0 Å². The van der Waals surface area contributed by atoms with Crippen LogP contribution in [0, 0.1) is 5.92 Å². The number of nitrogens with zero attached hydrogens (tertiary/aromatic N) is 2. The van der Waals surface area contributed by atoms with Crippen molar-refractivity contribution in [1.82, 2.24) is 36.4 Å². The van der Waals surface area contributed by atoms with E-state index in [0.717, 1.165) is 22.3 Å². The molecule has 3 heterocycles. The van der Waals surface area contributed by atoms with E-state index in [0.29, 0.717) is 16.9 Å². The average molecular weight is 1060 g/mol. The lowest BCUT2D eigenvalue weighted by Gasteiger charge is -2.33. The molecule has 0 bridgehead atoms. The molecule has 25 heteroatoms. The number of carbonyl (C=O) groups excluding carboxylic acids is 8. The van der Waals surface area contributed by atoms with Crippen LogP contribution in [0.25, 0.3) is 0 Å². The first-order valence-electron chi connectivity index (χ1n) is 24.6. The second-order valence-corrected chi connectivity index (χ2v) is 19.2. The standard InChI is InChI=1S/C51H66N8O17/c1-26-22-59-43(44(26)66)48(70)53-21-31(61)18-33(54-51(73)76-25-29-12-8-5-9-13-29)45(67)55-40(27(2)60)49(71)58-23-32(62)19-34(58)46(68)56-41(47(69)57-42(50(59)72)36(64)20-39(52)65)35(63)16-30-14-15-37(38(17-30)74-3)75-24-28-10-6-4-7-11-28/h4-15,17,26-27,31-36,40-44,60-64,66H,16,18-25H2,1-3H3,(H2,52,65)(H,53,70)(H,54,73)(H,55,67)(H,56,68)(H,57,69)/t26-,27+,31+,32+,33?,34-,35+,36+,40-,41-,42-,43-,44-/m0/s1. The van der Waals surface area contributed by atoms with Crippen molar-refractivity contribution < 1.29 is 83.2 Å². The van der Waals surface area contributed by atoms with Crippen molar-refractivity contribution >= 4 is 47.4 Å². The third-order valence-corrected chi connectivity index (χ3v) is 13.3. The Morgan fingerprint density at radius 3 is 1.96 bits per heavy atom. The first-order valence-corrected chi connectivity index (χ1v) is 24.6. The van der Waals surface area contributed by atoms with Crippen LogP contribution >= 0.6 is 0 Å². The molecule has 3 saturated heterocycles. The molecule has 1 unspecified atom stereocenters. The third kappa shape index (κ3) is 14.9. The second kappa shape index (κ2) is 26.4. The summed E-state index contributed by atoms with van der Waals surface area (Å²) >= 11 is 0. The molecule has 0 radical (unpaired) electrons. The van der Waals surface area contributed by atoms with Crippen molar-refractivity contribution in [2.75, 3.05) is 26.7 Å². The minimum Gasteiger partial charge on any atom is -0.493 e. The molecule has 0 aliphatic carbocycles. The summed E-state index contributed by atoms with van der Waals surface area (Å²) < 4.78 is 16.8. The van der Waals surface area contributed by atoms with Crippen LogP contribution in [-0.4, -0.2) is 188 Å². The smallest absolute Gasteiger partial charge is 0.408 e. The Hall–Kier alpha value is -7.42. The van der Waals surface area contributed by atoms with Crippen molar-refractivity contribution in [3.05, 3.63) is 95.6 Å². The lowest BCUT2D eigenvalue weighted by Crippen LogP contribution is -2.64. The zero-order chi connectivity index (χ0) is 55.4. The maximum absolute atomic E-state index is 14.7. The number of primary amides is 1. The first-order chi connectivity index (χ1) is 36.1. The van der Waals surface area contributed by atoms with Crippen molar-refractivity contribution in [3.63, 3.8) is 0 Å². The fourth-order valence-corrected chi connectivity index (χ4v) is 9.20. The Morgan fingerprint density at radius 2 is 1.33 bits per heavy atom. The third-order valence-electron chi connectivity index (χ3n) is 13.3. The molecule has 8 amide bonds. The number of alkyl carbamates (subject to hydrolysis) is 1. The van der Waals surface area contributed by atoms with Gasteiger partial charge in [-0.1, -0.05) is 73.7 Å². The Morgan fingerprint density at radius 1 is 0.711 bits per heavy atom. The van der Waals surface area contributed by atoms with Crippen LogP contribution in [0.3, 0.4) is 0 Å². The molecular weight excluding hydrogens is 997 g/mol. The summed E-state index contributed by atoms with van der Waals surface area (Å²) in [5.74, 6) is -8.48. The predicted molar refractivity (Wildman–Crippen MR) is 265 cm³/mol. The molecule has 76 heavy (non-hydrogen) atoms. The Bertz CT molecular complexity index is 2540. The molecule has 6 rings (SSSR count). The summed E-state index contributed by atoms with van der Waals surface area (Å²) in [6.45, 7) is 0.956. The van der Waals surface area contributed by atoms with E-state index in [9.17, 15) is 69.0 Å². The summed E-state index contributed by atoms with van der Waals surface area (Å²) in [5, 5.41) is 79.6. The van der Waals surface area contributed by atoms with Crippen LogP contribution in [-0.2, 0) is 57.9 Å². The highest BCUT2D eigenvalue weighted by atomic mass is 16.5. The number of ether oxygens (including phenoxy) is 3. The van der Waals surface area contributed by atoms with Gasteiger partial charge in [-0.2, -0.15) is 0 Å². The van der Waals surface area contributed by atoms with E-state index >= 15 is 0 Å². The largest absolute Gasteiger partial charge is 0.493 e. The van der Waals surface area contributed by atoms with Gasteiger partial charge in [0.15, 0.2) is 11.5 Å². The van der Waals surface area contributed by atoms with Crippen molar-refractivity contribution in [2.24, 2.45) is 11.7 Å². The maximum Gasteiger partial charge on any atom is 0.408 e. The fourth-order valence-electron chi connectivity index (χ4n) is 9.20. The molecular formula is C51H66N8O17. The predicted octanol–water partition coefficient (Wildman–Crippen LogP) is -3.41. The van der Waals surface area contributed by atoms with Gasteiger partial charge in [0.05, 0.1) is 50.2 Å². The summed E-state index contributed by atoms with van der Waals surface area (Å²) in [5.41, 5.74) is 7.16. The lowest BCUT2D eigenvalue weighted by atomic mass is 9.98. The number of hydrogen-bond donors (Lipinski definition) is 12. The normalized spacial score (nSPS) is 27.2. The van der Waals surface area contributed by atoms with Crippen LogP contribution < -0.4 is 41.8 Å². The highest BCUT2D eigenvalue weighted by Crippen LogP contribution is 2.30. The molecule has 13 N–H and O–H groups in total. The number of fused-ring (bicyclic) bond motifs is 2. The molecule has 3 aliphatic heterocycles. The van der Waals surface area contributed by atoms with Gasteiger partial charge in [-0.05, 0) is 35.7 Å².